The molecular weight excluding hydrogens is 294 g/mol. The van der Waals surface area contributed by atoms with Crippen LogP contribution in [0, 0.1) is 0 Å². The van der Waals surface area contributed by atoms with Gasteiger partial charge in [0.1, 0.15) is 0 Å². The van der Waals surface area contributed by atoms with Gasteiger partial charge in [-0.25, -0.2) is 0 Å². The largest absolute Gasteiger partial charge is 0.379 e. The lowest BCUT2D eigenvalue weighted by Crippen LogP contribution is -2.60. The first-order valence-corrected chi connectivity index (χ1v) is 9.19. The molecule has 0 bridgehead atoms. The van der Waals surface area contributed by atoms with E-state index in [-0.39, 0.29) is 17.5 Å². The molecule has 1 amide bonds. The second-order valence-corrected chi connectivity index (χ2v) is 7.09. The molecule has 6 nitrogen and oxygen atoms in total. The number of amides is 1. The van der Waals surface area contributed by atoms with Crippen molar-refractivity contribution in [2.45, 2.75) is 50.1 Å². The molecule has 3 aliphatic rings. The van der Waals surface area contributed by atoms with Crippen molar-refractivity contribution >= 4 is 5.91 Å². The van der Waals surface area contributed by atoms with E-state index in [4.69, 9.17) is 9.47 Å². The molecular formula is C17H31N3O3. The lowest BCUT2D eigenvalue weighted by Gasteiger charge is -2.48. The van der Waals surface area contributed by atoms with Crippen molar-refractivity contribution in [3.63, 3.8) is 0 Å². The van der Waals surface area contributed by atoms with Gasteiger partial charge in [0.25, 0.3) is 0 Å². The minimum atomic E-state index is 0.145. The van der Waals surface area contributed by atoms with Gasteiger partial charge in [-0.2, -0.15) is 0 Å². The Balaban J connectivity index is 1.52. The maximum atomic E-state index is 12.3. The van der Waals surface area contributed by atoms with E-state index in [1.54, 1.807) is 0 Å². The summed E-state index contributed by atoms with van der Waals surface area (Å²) in [5.74, 6) is 0.145. The summed E-state index contributed by atoms with van der Waals surface area (Å²) in [7, 11) is 0. The van der Waals surface area contributed by atoms with Crippen molar-refractivity contribution in [2.24, 2.45) is 0 Å². The van der Waals surface area contributed by atoms with Gasteiger partial charge in [-0.15, -0.1) is 0 Å². The highest BCUT2D eigenvalue weighted by Gasteiger charge is 2.38. The Morgan fingerprint density at radius 2 is 1.91 bits per heavy atom. The normalized spacial score (nSPS) is 29.1. The van der Waals surface area contributed by atoms with Gasteiger partial charge in [-0.1, -0.05) is 19.3 Å². The Labute approximate surface area is 139 Å². The Bertz CT molecular complexity index is 373. The van der Waals surface area contributed by atoms with Crippen LogP contribution in [0.1, 0.15) is 38.5 Å². The zero-order valence-electron chi connectivity index (χ0n) is 14.1. The van der Waals surface area contributed by atoms with Crippen LogP contribution in [-0.2, 0) is 14.3 Å². The number of carbonyl (C=O) groups is 1. The molecule has 2 aliphatic heterocycles. The summed E-state index contributed by atoms with van der Waals surface area (Å²) in [6, 6.07) is 0.162. The molecule has 0 spiro atoms. The van der Waals surface area contributed by atoms with Crippen LogP contribution in [0.15, 0.2) is 0 Å². The fourth-order valence-corrected chi connectivity index (χ4v) is 4.16. The highest BCUT2D eigenvalue weighted by atomic mass is 16.5. The van der Waals surface area contributed by atoms with Gasteiger partial charge in [0.2, 0.25) is 5.91 Å². The van der Waals surface area contributed by atoms with E-state index in [0.29, 0.717) is 13.0 Å². The average Bonchev–Trinajstić information content (AvgIpc) is 2.62. The Kier molecular flexibility index (Phi) is 6.28. The van der Waals surface area contributed by atoms with E-state index in [1.165, 1.54) is 32.1 Å². The van der Waals surface area contributed by atoms with Crippen LogP contribution in [0.2, 0.25) is 0 Å². The number of rotatable bonds is 5. The van der Waals surface area contributed by atoms with Crippen molar-refractivity contribution in [3.05, 3.63) is 0 Å². The Hall–Kier alpha value is -0.690. The third-order valence-corrected chi connectivity index (χ3v) is 5.51. The van der Waals surface area contributed by atoms with E-state index in [0.717, 1.165) is 46.0 Å². The van der Waals surface area contributed by atoms with Gasteiger partial charge in [0.15, 0.2) is 0 Å². The fraction of sp³-hybridized carbons (Fsp3) is 0.941. The predicted molar refractivity (Wildman–Crippen MR) is 88.4 cm³/mol. The quantitative estimate of drug-likeness (QED) is 0.771. The predicted octanol–water partition coefficient (Wildman–Crippen LogP) is 0.516. The second kappa shape index (κ2) is 8.42. The molecule has 6 heteroatoms. The van der Waals surface area contributed by atoms with Crippen LogP contribution in [0.4, 0.5) is 0 Å². The summed E-state index contributed by atoms with van der Waals surface area (Å²) in [5, 5.41) is 6.57. The molecule has 1 unspecified atom stereocenters. The molecule has 2 saturated heterocycles. The van der Waals surface area contributed by atoms with E-state index in [2.05, 4.69) is 15.5 Å². The molecule has 0 aromatic rings. The average molecular weight is 325 g/mol. The topological polar surface area (TPSA) is 62.8 Å². The van der Waals surface area contributed by atoms with Crippen LogP contribution in [-0.4, -0.2) is 75.0 Å². The zero-order chi connectivity index (χ0) is 16.0. The zero-order valence-corrected chi connectivity index (χ0v) is 14.1. The summed E-state index contributed by atoms with van der Waals surface area (Å²) in [5.41, 5.74) is 0.147. The Morgan fingerprint density at radius 3 is 2.61 bits per heavy atom. The first-order chi connectivity index (χ1) is 11.3. The van der Waals surface area contributed by atoms with E-state index < -0.39 is 0 Å². The minimum Gasteiger partial charge on any atom is -0.379 e. The molecule has 0 radical (unpaired) electrons. The molecule has 1 atom stereocenters. The summed E-state index contributed by atoms with van der Waals surface area (Å²) in [6.07, 6.45) is 6.76. The van der Waals surface area contributed by atoms with Crippen LogP contribution in [0.5, 0.6) is 0 Å². The maximum absolute atomic E-state index is 12.3. The van der Waals surface area contributed by atoms with Gasteiger partial charge >= 0.3 is 0 Å². The number of nitrogens with zero attached hydrogens (tertiary/aromatic N) is 1. The van der Waals surface area contributed by atoms with Crippen molar-refractivity contribution in [1.82, 2.24) is 15.5 Å². The molecule has 2 N–H and O–H groups in total. The lowest BCUT2D eigenvalue weighted by atomic mass is 9.79. The standard InChI is InChI=1S/C17H31N3O3/c21-16(12-15-13-23-9-6-18-15)19-14-17(4-2-1-3-5-17)20-7-10-22-11-8-20/h15,18H,1-14H2,(H,19,21). The molecule has 1 saturated carbocycles. The fourth-order valence-electron chi connectivity index (χ4n) is 4.16. The molecule has 2 heterocycles. The number of ether oxygens (including phenoxy) is 2. The van der Waals surface area contributed by atoms with Gasteiger partial charge < -0.3 is 20.1 Å². The van der Waals surface area contributed by atoms with Gasteiger partial charge in [-0.05, 0) is 12.8 Å². The molecule has 3 rings (SSSR count). The van der Waals surface area contributed by atoms with E-state index in [1.807, 2.05) is 0 Å². The van der Waals surface area contributed by atoms with Crippen LogP contribution in [0.25, 0.3) is 0 Å². The molecule has 23 heavy (non-hydrogen) atoms. The first-order valence-electron chi connectivity index (χ1n) is 9.19. The minimum absolute atomic E-state index is 0.145. The van der Waals surface area contributed by atoms with Crippen molar-refractivity contribution in [3.8, 4) is 0 Å². The first kappa shape index (κ1) is 17.1. The number of hydrogen-bond donors (Lipinski definition) is 2. The van der Waals surface area contributed by atoms with Gasteiger partial charge in [0.05, 0.1) is 26.4 Å². The highest BCUT2D eigenvalue weighted by Crippen LogP contribution is 2.33. The number of morpholine rings is 2. The molecule has 0 aromatic heterocycles. The number of hydrogen-bond acceptors (Lipinski definition) is 5. The van der Waals surface area contributed by atoms with Gasteiger partial charge in [0, 0.05) is 44.2 Å². The Morgan fingerprint density at radius 1 is 1.13 bits per heavy atom. The lowest BCUT2D eigenvalue weighted by molar-refractivity contribution is -0.123. The van der Waals surface area contributed by atoms with E-state index in [9.17, 15) is 4.79 Å². The molecule has 1 aliphatic carbocycles. The third-order valence-electron chi connectivity index (χ3n) is 5.51. The van der Waals surface area contributed by atoms with E-state index >= 15 is 0 Å². The molecule has 132 valence electrons. The van der Waals surface area contributed by atoms with Crippen molar-refractivity contribution in [2.75, 3.05) is 52.6 Å². The molecule has 0 aromatic carbocycles. The summed E-state index contributed by atoms with van der Waals surface area (Å²) in [4.78, 5) is 14.9. The maximum Gasteiger partial charge on any atom is 0.221 e. The molecule has 3 fully saturated rings. The van der Waals surface area contributed by atoms with Crippen molar-refractivity contribution in [1.29, 1.82) is 0 Å². The summed E-state index contributed by atoms with van der Waals surface area (Å²) < 4.78 is 10.9. The van der Waals surface area contributed by atoms with Crippen molar-refractivity contribution < 1.29 is 14.3 Å². The smallest absolute Gasteiger partial charge is 0.221 e. The second-order valence-electron chi connectivity index (χ2n) is 7.09. The van der Waals surface area contributed by atoms with Crippen LogP contribution in [0.3, 0.4) is 0 Å². The monoisotopic (exact) mass is 325 g/mol. The van der Waals surface area contributed by atoms with Crippen LogP contribution < -0.4 is 10.6 Å². The van der Waals surface area contributed by atoms with Crippen LogP contribution >= 0.6 is 0 Å². The third kappa shape index (κ3) is 4.66. The summed E-state index contributed by atoms with van der Waals surface area (Å²) >= 11 is 0. The number of carbonyl (C=O) groups excluding carboxylic acids is 1. The van der Waals surface area contributed by atoms with Gasteiger partial charge in [-0.3, -0.25) is 9.69 Å². The SMILES string of the molecule is O=C(CC1COCCN1)NCC1(N2CCOCC2)CCCCC1. The highest BCUT2D eigenvalue weighted by molar-refractivity contribution is 5.76. The summed E-state index contributed by atoms with van der Waals surface area (Å²) in [6.45, 7) is 6.63. The number of nitrogens with one attached hydrogen (secondary N) is 2.